The van der Waals surface area contributed by atoms with Crippen LogP contribution in [0.1, 0.15) is 44.9 Å². The maximum Gasteiger partial charge on any atom is 0.0346 e. The van der Waals surface area contributed by atoms with Gasteiger partial charge in [0.15, 0.2) is 0 Å². The lowest BCUT2D eigenvalue weighted by molar-refractivity contribution is -0.000744. The predicted molar refractivity (Wildman–Crippen MR) is 90.3 cm³/mol. The highest BCUT2D eigenvalue weighted by molar-refractivity contribution is 9.10. The maximum absolute atomic E-state index is 3.83. The average Bonchev–Trinajstić information content (AvgIpc) is 3.21. The van der Waals surface area contributed by atoms with Crippen molar-refractivity contribution in [3.8, 4) is 0 Å². The summed E-state index contributed by atoms with van der Waals surface area (Å²) in [5.74, 6) is 0.884. The van der Waals surface area contributed by atoms with Crippen LogP contribution < -0.4 is 5.32 Å². The first-order valence-electron chi connectivity index (χ1n) is 7.69. The summed E-state index contributed by atoms with van der Waals surface area (Å²) in [5, 5.41) is 6.02. The molecule has 0 bridgehead atoms. The zero-order chi connectivity index (χ0) is 14.4. The molecule has 0 amide bonds. The summed E-state index contributed by atoms with van der Waals surface area (Å²) in [6, 6.07) is 2.18. The van der Waals surface area contributed by atoms with E-state index in [1.54, 1.807) is 0 Å². The van der Waals surface area contributed by atoms with Gasteiger partial charge in [0.2, 0.25) is 0 Å². The van der Waals surface area contributed by atoms with E-state index in [9.17, 15) is 0 Å². The van der Waals surface area contributed by atoms with E-state index in [1.165, 1.54) is 28.6 Å². The summed E-state index contributed by atoms with van der Waals surface area (Å²) in [7, 11) is 0. The van der Waals surface area contributed by atoms with Gasteiger partial charge in [-0.2, -0.15) is 0 Å². The molecule has 1 saturated carbocycles. The highest BCUT2D eigenvalue weighted by Crippen LogP contribution is 2.46. The van der Waals surface area contributed by atoms with Crippen LogP contribution in [0.3, 0.4) is 0 Å². The van der Waals surface area contributed by atoms with Gasteiger partial charge in [-0.15, -0.1) is 11.3 Å². The predicted octanol–water partition coefficient (Wildman–Crippen LogP) is 4.25. The van der Waals surface area contributed by atoms with Crippen LogP contribution in [-0.4, -0.2) is 29.1 Å². The Bertz CT molecular complexity index is 485. The molecule has 0 spiro atoms. The highest BCUT2D eigenvalue weighted by Gasteiger charge is 2.50. The first kappa shape index (κ1) is 15.0. The quantitative estimate of drug-likeness (QED) is 0.867. The molecule has 2 unspecified atom stereocenters. The van der Waals surface area contributed by atoms with Gasteiger partial charge in [-0.3, -0.25) is 4.90 Å². The fourth-order valence-electron chi connectivity index (χ4n) is 3.35. The lowest BCUT2D eigenvalue weighted by atomic mass is 9.84. The summed E-state index contributed by atoms with van der Waals surface area (Å²) in [5.41, 5.74) is 0.593. The van der Waals surface area contributed by atoms with E-state index < -0.39 is 0 Å². The van der Waals surface area contributed by atoms with Crippen molar-refractivity contribution in [2.75, 3.05) is 13.1 Å². The van der Waals surface area contributed by atoms with Gasteiger partial charge in [-0.05, 0) is 66.4 Å². The standard InChI is InChI=1S/C16H25BrN2S/c1-4-15(2)11-19(9-14-13(17)7-8-20-14)16(3,10-18-15)12-5-6-12/h7-8,12,18H,4-6,9-11H2,1-3H3. The zero-order valence-corrected chi connectivity index (χ0v) is 15.1. The third-order valence-corrected chi connectivity index (χ3v) is 7.31. The van der Waals surface area contributed by atoms with E-state index in [0.717, 1.165) is 25.6 Å². The normalized spacial score (nSPS) is 35.4. The molecule has 0 aromatic carbocycles. The van der Waals surface area contributed by atoms with Gasteiger partial charge in [-0.25, -0.2) is 0 Å². The molecule has 2 atom stereocenters. The van der Waals surface area contributed by atoms with Crippen molar-refractivity contribution in [3.63, 3.8) is 0 Å². The van der Waals surface area contributed by atoms with E-state index in [-0.39, 0.29) is 5.54 Å². The average molecular weight is 357 g/mol. The van der Waals surface area contributed by atoms with Crippen LogP contribution in [-0.2, 0) is 6.54 Å². The van der Waals surface area contributed by atoms with Crippen LogP contribution in [0.2, 0.25) is 0 Å². The Morgan fingerprint density at radius 1 is 1.45 bits per heavy atom. The second-order valence-corrected chi connectivity index (χ2v) is 8.80. The fourth-order valence-corrected chi connectivity index (χ4v) is 4.85. The Morgan fingerprint density at radius 2 is 2.20 bits per heavy atom. The lowest BCUT2D eigenvalue weighted by Gasteiger charge is -2.52. The van der Waals surface area contributed by atoms with Crippen molar-refractivity contribution < 1.29 is 0 Å². The molecular weight excluding hydrogens is 332 g/mol. The Morgan fingerprint density at radius 3 is 2.75 bits per heavy atom. The van der Waals surface area contributed by atoms with Crippen LogP contribution in [0.15, 0.2) is 15.9 Å². The Labute approximate surface area is 135 Å². The first-order chi connectivity index (χ1) is 9.47. The van der Waals surface area contributed by atoms with Crippen LogP contribution in [0.25, 0.3) is 0 Å². The largest absolute Gasteiger partial charge is 0.308 e. The number of hydrogen-bond donors (Lipinski definition) is 1. The number of rotatable bonds is 4. The third-order valence-electron chi connectivity index (χ3n) is 5.40. The summed E-state index contributed by atoms with van der Waals surface area (Å²) >= 11 is 5.57. The number of hydrogen-bond acceptors (Lipinski definition) is 3. The number of nitrogens with one attached hydrogen (secondary N) is 1. The molecule has 20 heavy (non-hydrogen) atoms. The smallest absolute Gasteiger partial charge is 0.0346 e. The fraction of sp³-hybridized carbons (Fsp3) is 0.750. The van der Waals surface area contributed by atoms with E-state index >= 15 is 0 Å². The molecule has 2 fully saturated rings. The molecule has 1 aromatic heterocycles. The maximum atomic E-state index is 3.83. The van der Waals surface area contributed by atoms with Gasteiger partial charge >= 0.3 is 0 Å². The molecule has 3 rings (SSSR count). The van der Waals surface area contributed by atoms with Crippen LogP contribution in [0, 0.1) is 5.92 Å². The topological polar surface area (TPSA) is 15.3 Å². The number of piperazine rings is 1. The molecule has 2 heterocycles. The second kappa shape index (κ2) is 5.38. The summed E-state index contributed by atoms with van der Waals surface area (Å²) in [6.45, 7) is 10.5. The van der Waals surface area contributed by atoms with Crippen molar-refractivity contribution in [3.05, 3.63) is 20.8 Å². The monoisotopic (exact) mass is 356 g/mol. The van der Waals surface area contributed by atoms with Crippen molar-refractivity contribution in [2.45, 2.75) is 57.7 Å². The van der Waals surface area contributed by atoms with Gasteiger partial charge in [0.05, 0.1) is 0 Å². The summed E-state index contributed by atoms with van der Waals surface area (Å²) < 4.78 is 1.28. The second-order valence-electron chi connectivity index (χ2n) is 6.95. The molecule has 2 aliphatic rings. The van der Waals surface area contributed by atoms with Crippen LogP contribution in [0.5, 0.6) is 0 Å². The van der Waals surface area contributed by atoms with Crippen molar-refractivity contribution >= 4 is 27.3 Å². The summed E-state index contributed by atoms with van der Waals surface area (Å²) in [4.78, 5) is 4.22. The van der Waals surface area contributed by atoms with Gasteiger partial charge < -0.3 is 5.32 Å². The van der Waals surface area contributed by atoms with Crippen LogP contribution >= 0.6 is 27.3 Å². The third kappa shape index (κ3) is 2.72. The Kier molecular flexibility index (Phi) is 4.04. The molecule has 1 aliphatic heterocycles. The molecular formula is C16H25BrN2S. The van der Waals surface area contributed by atoms with Crippen LogP contribution in [0.4, 0.5) is 0 Å². The van der Waals surface area contributed by atoms with Gasteiger partial charge in [0.1, 0.15) is 0 Å². The zero-order valence-electron chi connectivity index (χ0n) is 12.7. The van der Waals surface area contributed by atoms with Gasteiger partial charge in [-0.1, -0.05) is 6.92 Å². The summed E-state index contributed by atoms with van der Waals surface area (Å²) in [6.07, 6.45) is 4.00. The minimum absolute atomic E-state index is 0.262. The highest BCUT2D eigenvalue weighted by atomic mass is 79.9. The molecule has 1 aromatic rings. The van der Waals surface area contributed by atoms with Gasteiger partial charge in [0, 0.05) is 40.1 Å². The minimum Gasteiger partial charge on any atom is -0.308 e. The molecule has 112 valence electrons. The molecule has 1 saturated heterocycles. The minimum atomic E-state index is 0.262. The molecule has 0 radical (unpaired) electrons. The first-order valence-corrected chi connectivity index (χ1v) is 9.36. The number of halogens is 1. The number of thiophene rings is 1. The van der Waals surface area contributed by atoms with E-state index in [2.05, 4.69) is 58.4 Å². The van der Waals surface area contributed by atoms with E-state index in [1.807, 2.05) is 11.3 Å². The molecule has 2 nitrogen and oxygen atoms in total. The van der Waals surface area contributed by atoms with E-state index in [4.69, 9.17) is 0 Å². The van der Waals surface area contributed by atoms with Crippen molar-refractivity contribution in [1.29, 1.82) is 0 Å². The molecule has 1 N–H and O–H groups in total. The lowest BCUT2D eigenvalue weighted by Crippen LogP contribution is -2.68. The molecule has 4 heteroatoms. The Balaban J connectivity index is 1.83. The SMILES string of the molecule is CCC1(C)CN(Cc2sccc2Br)C(C)(C2CC2)CN1. The van der Waals surface area contributed by atoms with Gasteiger partial charge in [0.25, 0.3) is 0 Å². The number of nitrogens with zero attached hydrogens (tertiary/aromatic N) is 1. The van der Waals surface area contributed by atoms with Crippen molar-refractivity contribution in [2.24, 2.45) is 5.92 Å². The Hall–Kier alpha value is 0.1000. The molecule has 1 aliphatic carbocycles. The van der Waals surface area contributed by atoms with Crippen molar-refractivity contribution in [1.82, 2.24) is 10.2 Å². The van der Waals surface area contributed by atoms with E-state index in [0.29, 0.717) is 5.54 Å².